The topological polar surface area (TPSA) is 66.2 Å². The summed E-state index contributed by atoms with van der Waals surface area (Å²) in [4.78, 5) is 8.10. The summed E-state index contributed by atoms with van der Waals surface area (Å²) in [7, 11) is 0. The summed E-state index contributed by atoms with van der Waals surface area (Å²) in [6, 6.07) is 8.28. The molecule has 4 rings (SSSR count). The Balaban J connectivity index is 2.07. The van der Waals surface area contributed by atoms with Crippen molar-refractivity contribution in [1.82, 2.24) is 15.5 Å². The second kappa shape index (κ2) is 4.48. The first-order valence-corrected chi connectivity index (χ1v) is 7.08. The van der Waals surface area contributed by atoms with Gasteiger partial charge in [0.1, 0.15) is 11.6 Å². The van der Waals surface area contributed by atoms with Crippen LogP contribution in [-0.4, -0.2) is 29.1 Å². The summed E-state index contributed by atoms with van der Waals surface area (Å²) in [5.41, 5.74) is 5.15. The molecule has 0 saturated carbocycles. The van der Waals surface area contributed by atoms with Crippen LogP contribution in [0.4, 0.5) is 0 Å². The largest absolute Gasteiger partial charge is 0.368 e. The van der Waals surface area contributed by atoms with E-state index in [1.165, 1.54) is 5.39 Å². The van der Waals surface area contributed by atoms with Crippen LogP contribution in [0.25, 0.3) is 22.2 Å². The number of rotatable bonds is 2. The minimum Gasteiger partial charge on any atom is -0.368 e. The SMILES string of the molecule is Cc1noc(C)c1-c1[nH]c2ccccc2c1C1=NCCN1. The molecule has 21 heavy (non-hydrogen) atoms. The zero-order chi connectivity index (χ0) is 14.4. The van der Waals surface area contributed by atoms with Crippen LogP contribution in [0.2, 0.25) is 0 Å². The number of benzene rings is 1. The Labute approximate surface area is 122 Å². The number of aliphatic imine (C=N–C) groups is 1. The number of hydrogen-bond donors (Lipinski definition) is 2. The Kier molecular flexibility index (Phi) is 2.60. The number of aromatic amines is 1. The Hall–Kier alpha value is -2.56. The maximum absolute atomic E-state index is 5.33. The maximum atomic E-state index is 5.33. The lowest BCUT2D eigenvalue weighted by atomic mass is 10.0. The Morgan fingerprint density at radius 3 is 2.71 bits per heavy atom. The number of fused-ring (bicyclic) bond motifs is 1. The second-order valence-electron chi connectivity index (χ2n) is 5.28. The van der Waals surface area contributed by atoms with Crippen LogP contribution in [0.1, 0.15) is 17.0 Å². The molecule has 106 valence electrons. The zero-order valence-corrected chi connectivity index (χ0v) is 12.0. The number of nitrogens with one attached hydrogen (secondary N) is 2. The Bertz CT molecular complexity index is 837. The predicted octanol–water partition coefficient (Wildman–Crippen LogP) is 2.79. The summed E-state index contributed by atoms with van der Waals surface area (Å²) in [5, 5.41) is 8.61. The number of H-pyrrole nitrogens is 1. The van der Waals surface area contributed by atoms with E-state index >= 15 is 0 Å². The second-order valence-corrected chi connectivity index (χ2v) is 5.28. The van der Waals surface area contributed by atoms with Crippen molar-refractivity contribution in [3.8, 4) is 11.3 Å². The molecule has 3 heterocycles. The number of amidine groups is 1. The summed E-state index contributed by atoms with van der Waals surface area (Å²) in [5.74, 6) is 1.77. The average Bonchev–Trinajstić information content (AvgIpc) is 3.17. The molecule has 0 fully saturated rings. The van der Waals surface area contributed by atoms with Crippen LogP contribution < -0.4 is 5.32 Å². The lowest BCUT2D eigenvalue weighted by molar-refractivity contribution is 0.393. The third kappa shape index (κ3) is 1.77. The summed E-state index contributed by atoms with van der Waals surface area (Å²) in [6.07, 6.45) is 0. The lowest BCUT2D eigenvalue weighted by Crippen LogP contribution is -2.20. The number of para-hydroxylation sites is 1. The van der Waals surface area contributed by atoms with Gasteiger partial charge in [0, 0.05) is 17.4 Å². The van der Waals surface area contributed by atoms with E-state index in [0.717, 1.165) is 52.7 Å². The molecular weight excluding hydrogens is 264 g/mol. The van der Waals surface area contributed by atoms with E-state index in [9.17, 15) is 0 Å². The molecule has 1 aliphatic rings. The summed E-state index contributed by atoms with van der Waals surface area (Å²) >= 11 is 0. The number of aryl methyl sites for hydroxylation is 2. The van der Waals surface area contributed by atoms with E-state index in [1.54, 1.807) is 0 Å². The molecule has 0 amide bonds. The zero-order valence-electron chi connectivity index (χ0n) is 12.0. The van der Waals surface area contributed by atoms with Gasteiger partial charge >= 0.3 is 0 Å². The van der Waals surface area contributed by atoms with Gasteiger partial charge in [0.05, 0.1) is 29.1 Å². The van der Waals surface area contributed by atoms with Gasteiger partial charge in [-0.15, -0.1) is 0 Å². The molecule has 0 atom stereocenters. The van der Waals surface area contributed by atoms with Gasteiger partial charge in [-0.1, -0.05) is 23.4 Å². The van der Waals surface area contributed by atoms with E-state index in [2.05, 4.69) is 32.6 Å². The van der Waals surface area contributed by atoms with Crippen LogP contribution in [-0.2, 0) is 0 Å². The summed E-state index contributed by atoms with van der Waals surface area (Å²) < 4.78 is 5.33. The highest BCUT2D eigenvalue weighted by atomic mass is 16.5. The molecule has 2 aromatic heterocycles. The Morgan fingerprint density at radius 1 is 1.14 bits per heavy atom. The molecule has 5 heteroatoms. The van der Waals surface area contributed by atoms with Crippen molar-refractivity contribution in [2.24, 2.45) is 4.99 Å². The molecule has 0 aliphatic carbocycles. The van der Waals surface area contributed by atoms with Gasteiger partial charge in [0.15, 0.2) is 0 Å². The first-order valence-electron chi connectivity index (χ1n) is 7.08. The van der Waals surface area contributed by atoms with Gasteiger partial charge in [-0.25, -0.2) is 0 Å². The lowest BCUT2D eigenvalue weighted by Gasteiger charge is -2.05. The van der Waals surface area contributed by atoms with Crippen LogP contribution in [0.5, 0.6) is 0 Å². The van der Waals surface area contributed by atoms with Crippen molar-refractivity contribution in [3.05, 3.63) is 41.3 Å². The first kappa shape index (κ1) is 12.2. The molecule has 0 radical (unpaired) electrons. The van der Waals surface area contributed by atoms with Crippen LogP contribution >= 0.6 is 0 Å². The smallest absolute Gasteiger partial charge is 0.143 e. The van der Waals surface area contributed by atoms with Crippen LogP contribution in [0.15, 0.2) is 33.8 Å². The number of hydrogen-bond acceptors (Lipinski definition) is 4. The van der Waals surface area contributed by atoms with E-state index in [4.69, 9.17) is 4.52 Å². The minimum absolute atomic E-state index is 0.815. The van der Waals surface area contributed by atoms with Gasteiger partial charge in [0.2, 0.25) is 0 Å². The van der Waals surface area contributed by atoms with Crippen molar-refractivity contribution in [3.63, 3.8) is 0 Å². The highest BCUT2D eigenvalue weighted by Gasteiger charge is 2.23. The van der Waals surface area contributed by atoms with Gasteiger partial charge in [0.25, 0.3) is 0 Å². The molecule has 0 bridgehead atoms. The van der Waals surface area contributed by atoms with Gasteiger partial charge < -0.3 is 14.8 Å². The number of nitrogens with zero attached hydrogens (tertiary/aromatic N) is 2. The molecule has 1 aromatic carbocycles. The highest BCUT2D eigenvalue weighted by Crippen LogP contribution is 2.34. The molecule has 2 N–H and O–H groups in total. The van der Waals surface area contributed by atoms with Gasteiger partial charge in [-0.2, -0.15) is 0 Å². The molecule has 3 aromatic rings. The molecule has 0 spiro atoms. The number of aromatic nitrogens is 2. The summed E-state index contributed by atoms with van der Waals surface area (Å²) in [6.45, 7) is 5.60. The molecule has 5 nitrogen and oxygen atoms in total. The van der Waals surface area contributed by atoms with Crippen molar-refractivity contribution < 1.29 is 4.52 Å². The minimum atomic E-state index is 0.815. The van der Waals surface area contributed by atoms with Crippen molar-refractivity contribution in [1.29, 1.82) is 0 Å². The predicted molar refractivity (Wildman–Crippen MR) is 82.7 cm³/mol. The molecule has 0 unspecified atom stereocenters. The van der Waals surface area contributed by atoms with E-state index in [0.29, 0.717) is 0 Å². The Morgan fingerprint density at radius 2 is 2.00 bits per heavy atom. The monoisotopic (exact) mass is 280 g/mol. The standard InChI is InChI=1S/C16H16N4O/c1-9-13(10(2)21-20-9)15-14(16-17-7-8-18-16)11-5-3-4-6-12(11)19-15/h3-6,19H,7-8H2,1-2H3,(H,17,18). The molecular formula is C16H16N4O. The fourth-order valence-electron chi connectivity index (χ4n) is 2.98. The van der Waals surface area contributed by atoms with Crippen molar-refractivity contribution in [2.45, 2.75) is 13.8 Å². The van der Waals surface area contributed by atoms with E-state index in [1.807, 2.05) is 26.0 Å². The molecule has 1 aliphatic heterocycles. The normalized spacial score (nSPS) is 14.5. The third-order valence-corrected chi connectivity index (χ3v) is 3.90. The molecule has 0 saturated heterocycles. The van der Waals surface area contributed by atoms with Crippen LogP contribution in [0.3, 0.4) is 0 Å². The van der Waals surface area contributed by atoms with Gasteiger partial charge in [-0.3, -0.25) is 4.99 Å². The first-order chi connectivity index (χ1) is 10.3. The van der Waals surface area contributed by atoms with E-state index in [-0.39, 0.29) is 0 Å². The quantitative estimate of drug-likeness (QED) is 0.758. The fraction of sp³-hybridized carbons (Fsp3) is 0.250. The van der Waals surface area contributed by atoms with Gasteiger partial charge in [-0.05, 0) is 19.9 Å². The van der Waals surface area contributed by atoms with Crippen molar-refractivity contribution >= 4 is 16.7 Å². The average molecular weight is 280 g/mol. The maximum Gasteiger partial charge on any atom is 0.143 e. The third-order valence-electron chi connectivity index (χ3n) is 3.90. The van der Waals surface area contributed by atoms with E-state index < -0.39 is 0 Å². The highest BCUT2D eigenvalue weighted by molar-refractivity contribution is 6.15. The van der Waals surface area contributed by atoms with Crippen LogP contribution in [0, 0.1) is 13.8 Å². The van der Waals surface area contributed by atoms with Crippen molar-refractivity contribution in [2.75, 3.05) is 13.1 Å². The fourth-order valence-corrected chi connectivity index (χ4v) is 2.98.